The normalized spacial score (nSPS) is 17.4. The van der Waals surface area contributed by atoms with Crippen molar-refractivity contribution in [2.24, 2.45) is 0 Å². The van der Waals surface area contributed by atoms with Gasteiger partial charge in [-0.3, -0.25) is 0 Å². The summed E-state index contributed by atoms with van der Waals surface area (Å²) in [5, 5.41) is 19.5. The highest BCUT2D eigenvalue weighted by Gasteiger charge is 2.48. The summed E-state index contributed by atoms with van der Waals surface area (Å²) in [6, 6.07) is 33.8. The molecular weight excluding hydrogens is 500 g/mol. The fraction of sp³-hybridized carbons (Fsp3) is 0.282. The van der Waals surface area contributed by atoms with Gasteiger partial charge in [0.05, 0.1) is 18.1 Å². The van der Waals surface area contributed by atoms with Crippen LogP contribution in [0.1, 0.15) is 57.7 Å². The molecule has 0 saturated heterocycles. The van der Waals surface area contributed by atoms with Gasteiger partial charge < -0.3 is 9.84 Å². The van der Waals surface area contributed by atoms with Crippen molar-refractivity contribution in [2.75, 3.05) is 13.2 Å². The molecular formula is C39H38O2. The third kappa shape index (κ3) is 3.77. The van der Waals surface area contributed by atoms with Crippen molar-refractivity contribution >= 4 is 32.3 Å². The van der Waals surface area contributed by atoms with Crippen LogP contribution in [0.4, 0.5) is 0 Å². The number of hydrogen-bond acceptors (Lipinski definition) is 2. The molecule has 6 aromatic rings. The highest BCUT2D eigenvalue weighted by Crippen LogP contribution is 2.53. The molecule has 0 amide bonds. The lowest BCUT2D eigenvalue weighted by molar-refractivity contribution is 0.0268. The summed E-state index contributed by atoms with van der Waals surface area (Å²) in [5.74, 6) is 0. The Kier molecular flexibility index (Phi) is 6.01. The van der Waals surface area contributed by atoms with Crippen LogP contribution in [0.2, 0.25) is 0 Å². The molecule has 0 spiro atoms. The molecule has 41 heavy (non-hydrogen) atoms. The second-order valence-corrected chi connectivity index (χ2v) is 12.8. The summed E-state index contributed by atoms with van der Waals surface area (Å²) in [4.78, 5) is 0. The van der Waals surface area contributed by atoms with Crippen molar-refractivity contribution in [3.63, 3.8) is 0 Å². The van der Waals surface area contributed by atoms with E-state index in [2.05, 4.69) is 119 Å². The predicted molar refractivity (Wildman–Crippen MR) is 173 cm³/mol. The molecule has 0 heterocycles. The first-order valence-electron chi connectivity index (χ1n) is 15.0. The molecule has 2 unspecified atom stereocenters. The minimum atomic E-state index is -0.597. The van der Waals surface area contributed by atoms with Crippen molar-refractivity contribution < 1.29 is 9.84 Å². The van der Waals surface area contributed by atoms with Gasteiger partial charge in [-0.2, -0.15) is 0 Å². The van der Waals surface area contributed by atoms with Crippen molar-refractivity contribution in [3.05, 3.63) is 108 Å². The lowest BCUT2D eigenvalue weighted by Crippen LogP contribution is -2.43. The van der Waals surface area contributed by atoms with Gasteiger partial charge in [0.2, 0.25) is 0 Å². The highest BCUT2D eigenvalue weighted by atomic mass is 16.5. The van der Waals surface area contributed by atoms with Crippen molar-refractivity contribution in [3.8, 4) is 22.3 Å². The van der Waals surface area contributed by atoms with E-state index in [1.165, 1.54) is 71.3 Å². The number of fused-ring (bicyclic) bond motifs is 3. The van der Waals surface area contributed by atoms with Crippen molar-refractivity contribution in [1.82, 2.24) is 0 Å². The van der Waals surface area contributed by atoms with Crippen LogP contribution < -0.4 is 0 Å². The number of hydrogen-bond donors (Lipinski definition) is 1. The lowest BCUT2D eigenvalue weighted by Gasteiger charge is -2.36. The smallest absolute Gasteiger partial charge is 0.0707 e. The average Bonchev–Trinajstić information content (AvgIpc) is 3.27. The number of benzene rings is 6. The van der Waals surface area contributed by atoms with E-state index in [0.717, 1.165) is 0 Å². The number of ether oxygens (including phenoxy) is 1. The minimum Gasteiger partial charge on any atom is -0.392 e. The Morgan fingerprint density at radius 2 is 1.37 bits per heavy atom. The van der Waals surface area contributed by atoms with Gasteiger partial charge in [-0.15, -0.1) is 0 Å². The van der Waals surface area contributed by atoms with Crippen LogP contribution in [0, 0.1) is 0 Å². The summed E-state index contributed by atoms with van der Waals surface area (Å²) >= 11 is 0. The van der Waals surface area contributed by atoms with Crippen molar-refractivity contribution in [1.29, 1.82) is 0 Å². The summed E-state index contributed by atoms with van der Waals surface area (Å²) in [7, 11) is 0. The standard InChI is InChI=1S/C39H38O2/c1-6-35(40)39(23-41-7-2)33-11-9-8-10-30(33)31-18-15-25(22-34(31)39)29-17-14-24-12-13-26-20-28(38(3,4)5)21-27-16-19-32(29)37(24)36(26)27/h8-22,35,40H,6-7,23H2,1-5H3. The van der Waals surface area contributed by atoms with Gasteiger partial charge >= 0.3 is 0 Å². The average molecular weight is 539 g/mol. The van der Waals surface area contributed by atoms with Gasteiger partial charge in [-0.25, -0.2) is 0 Å². The van der Waals surface area contributed by atoms with Gasteiger partial charge in [0.15, 0.2) is 0 Å². The summed E-state index contributed by atoms with van der Waals surface area (Å²) in [6.45, 7) is 12.0. The molecule has 7 rings (SSSR count). The van der Waals surface area contributed by atoms with Crippen LogP contribution in [0.5, 0.6) is 0 Å². The molecule has 1 N–H and O–H groups in total. The quantitative estimate of drug-likeness (QED) is 0.214. The summed E-state index contributed by atoms with van der Waals surface area (Å²) in [6.07, 6.45) is 0.102. The van der Waals surface area contributed by atoms with Gasteiger partial charge in [-0.1, -0.05) is 113 Å². The first-order chi connectivity index (χ1) is 19.8. The first kappa shape index (κ1) is 26.2. The Hall–Kier alpha value is -3.72. The third-order valence-electron chi connectivity index (χ3n) is 9.46. The number of aliphatic hydroxyl groups excluding tert-OH is 1. The predicted octanol–water partition coefficient (Wildman–Crippen LogP) is 9.62. The fourth-order valence-electron chi connectivity index (χ4n) is 7.29. The molecule has 2 nitrogen and oxygen atoms in total. The van der Waals surface area contributed by atoms with E-state index in [9.17, 15) is 5.11 Å². The Balaban J connectivity index is 1.48. The fourth-order valence-corrected chi connectivity index (χ4v) is 7.29. The first-order valence-corrected chi connectivity index (χ1v) is 15.0. The maximum Gasteiger partial charge on any atom is 0.0707 e. The number of rotatable bonds is 6. The van der Waals surface area contributed by atoms with Gasteiger partial charge in [0.25, 0.3) is 0 Å². The Morgan fingerprint density at radius 3 is 2.10 bits per heavy atom. The molecule has 2 atom stereocenters. The van der Waals surface area contributed by atoms with Crippen LogP contribution in [-0.4, -0.2) is 24.4 Å². The highest BCUT2D eigenvalue weighted by molar-refractivity contribution is 6.25. The summed E-state index contributed by atoms with van der Waals surface area (Å²) in [5.41, 5.74) is 7.99. The molecule has 6 aromatic carbocycles. The monoisotopic (exact) mass is 538 g/mol. The molecule has 2 heteroatoms. The van der Waals surface area contributed by atoms with E-state index in [-0.39, 0.29) is 5.41 Å². The van der Waals surface area contributed by atoms with Crippen LogP contribution in [0.3, 0.4) is 0 Å². The molecule has 0 aliphatic heterocycles. The van der Waals surface area contributed by atoms with E-state index in [4.69, 9.17) is 4.74 Å². The zero-order chi connectivity index (χ0) is 28.5. The maximum absolute atomic E-state index is 11.6. The zero-order valence-electron chi connectivity index (χ0n) is 24.7. The van der Waals surface area contributed by atoms with Crippen LogP contribution >= 0.6 is 0 Å². The van der Waals surface area contributed by atoms with Crippen LogP contribution in [0.25, 0.3) is 54.6 Å². The zero-order valence-corrected chi connectivity index (χ0v) is 24.7. The van der Waals surface area contributed by atoms with Gasteiger partial charge in [0, 0.05) is 6.61 Å². The molecule has 0 aromatic heterocycles. The summed E-state index contributed by atoms with van der Waals surface area (Å²) < 4.78 is 6.12. The SMILES string of the molecule is CCOCC1(C(O)CC)c2ccccc2-c2ccc(-c3ccc4ccc5cc(C(C)(C)C)cc6ccc3c4c56)cc21. The largest absolute Gasteiger partial charge is 0.392 e. The Morgan fingerprint density at radius 1 is 0.707 bits per heavy atom. The topological polar surface area (TPSA) is 29.5 Å². The maximum atomic E-state index is 11.6. The molecule has 206 valence electrons. The van der Waals surface area contributed by atoms with E-state index in [1.807, 2.05) is 6.92 Å². The van der Waals surface area contributed by atoms with E-state index in [1.54, 1.807) is 0 Å². The van der Waals surface area contributed by atoms with Crippen LogP contribution in [-0.2, 0) is 15.6 Å². The van der Waals surface area contributed by atoms with E-state index < -0.39 is 11.5 Å². The molecule has 0 fully saturated rings. The second kappa shape index (κ2) is 9.41. The Labute approximate surface area is 242 Å². The van der Waals surface area contributed by atoms with E-state index >= 15 is 0 Å². The molecule has 1 aliphatic rings. The Bertz CT molecular complexity index is 1910. The van der Waals surface area contributed by atoms with Crippen LogP contribution in [0.15, 0.2) is 91.0 Å². The number of aliphatic hydroxyl groups is 1. The van der Waals surface area contributed by atoms with Gasteiger partial charge in [0.1, 0.15) is 0 Å². The molecule has 0 radical (unpaired) electrons. The molecule has 0 saturated carbocycles. The van der Waals surface area contributed by atoms with Gasteiger partial charge in [-0.05, 0) is 96.1 Å². The molecule has 0 bridgehead atoms. The van der Waals surface area contributed by atoms with E-state index in [0.29, 0.717) is 19.6 Å². The lowest BCUT2D eigenvalue weighted by atomic mass is 9.72. The third-order valence-corrected chi connectivity index (χ3v) is 9.46. The van der Waals surface area contributed by atoms with Crippen molar-refractivity contribution in [2.45, 2.75) is 58.0 Å². The second-order valence-electron chi connectivity index (χ2n) is 12.8. The minimum absolute atomic E-state index is 0.0919. The molecule has 1 aliphatic carbocycles.